The SMILES string of the molecule is COC(=O)CCCCCNS(=O)(=O)c1ccc([N+](=O)[O-])cc1. The first-order chi connectivity index (χ1) is 10.4. The molecule has 0 aliphatic rings. The van der Waals surface area contributed by atoms with Gasteiger partial charge in [0.2, 0.25) is 10.0 Å². The van der Waals surface area contributed by atoms with Gasteiger partial charge in [-0.3, -0.25) is 14.9 Å². The van der Waals surface area contributed by atoms with Crippen LogP contribution in [-0.2, 0) is 19.6 Å². The van der Waals surface area contributed by atoms with Crippen LogP contribution in [0.15, 0.2) is 29.2 Å². The molecule has 22 heavy (non-hydrogen) atoms. The standard InChI is InChI=1S/C13H18N2O6S/c1-21-13(16)5-3-2-4-10-14-22(19,20)12-8-6-11(7-9-12)15(17)18/h6-9,14H,2-5,10H2,1H3. The van der Waals surface area contributed by atoms with Gasteiger partial charge in [0.1, 0.15) is 0 Å². The van der Waals surface area contributed by atoms with Gasteiger partial charge in [-0.1, -0.05) is 6.42 Å². The second-order valence-electron chi connectivity index (χ2n) is 4.54. The summed E-state index contributed by atoms with van der Waals surface area (Å²) < 4.78 is 30.8. The minimum atomic E-state index is -3.68. The molecule has 0 radical (unpaired) electrons. The lowest BCUT2D eigenvalue weighted by Gasteiger charge is -2.06. The number of nitrogens with zero attached hydrogens (tertiary/aromatic N) is 1. The molecule has 9 heteroatoms. The summed E-state index contributed by atoms with van der Waals surface area (Å²) in [5.41, 5.74) is -0.165. The van der Waals surface area contributed by atoms with Crippen molar-refractivity contribution in [1.29, 1.82) is 0 Å². The fourth-order valence-corrected chi connectivity index (χ4v) is 2.78. The number of methoxy groups -OCH3 is 1. The number of esters is 1. The van der Waals surface area contributed by atoms with Gasteiger partial charge in [0.25, 0.3) is 5.69 Å². The van der Waals surface area contributed by atoms with E-state index >= 15 is 0 Å². The zero-order chi connectivity index (χ0) is 16.6. The van der Waals surface area contributed by atoms with Crippen LogP contribution < -0.4 is 4.72 Å². The Bertz CT molecular complexity index is 612. The zero-order valence-electron chi connectivity index (χ0n) is 12.1. The maximum absolute atomic E-state index is 11.9. The van der Waals surface area contributed by atoms with Crippen LogP contribution in [0.4, 0.5) is 5.69 Å². The molecule has 0 aliphatic heterocycles. The fraction of sp³-hybridized carbons (Fsp3) is 0.462. The Morgan fingerprint density at radius 2 is 1.86 bits per heavy atom. The Kier molecular flexibility index (Phi) is 6.93. The topological polar surface area (TPSA) is 116 Å². The van der Waals surface area contributed by atoms with Crippen LogP contribution in [0, 0.1) is 10.1 Å². The molecule has 0 amide bonds. The quantitative estimate of drug-likeness (QED) is 0.318. The molecule has 0 saturated carbocycles. The molecule has 0 aliphatic carbocycles. The van der Waals surface area contributed by atoms with E-state index in [2.05, 4.69) is 9.46 Å². The first kappa shape index (κ1) is 18.1. The molecule has 0 spiro atoms. The molecule has 0 saturated heterocycles. The molecule has 0 unspecified atom stereocenters. The van der Waals surface area contributed by atoms with E-state index in [0.717, 1.165) is 12.1 Å². The lowest BCUT2D eigenvalue weighted by molar-refractivity contribution is -0.384. The van der Waals surface area contributed by atoms with Gasteiger partial charge in [-0.05, 0) is 25.0 Å². The van der Waals surface area contributed by atoms with Crippen molar-refractivity contribution >= 4 is 21.7 Å². The molecular formula is C13H18N2O6S. The number of sulfonamides is 1. The van der Waals surface area contributed by atoms with Crippen molar-refractivity contribution in [1.82, 2.24) is 4.72 Å². The number of carbonyl (C=O) groups is 1. The van der Waals surface area contributed by atoms with Crippen molar-refractivity contribution in [2.45, 2.75) is 30.6 Å². The smallest absolute Gasteiger partial charge is 0.305 e. The average molecular weight is 330 g/mol. The molecule has 0 fully saturated rings. The summed E-state index contributed by atoms with van der Waals surface area (Å²) in [6, 6.07) is 4.67. The highest BCUT2D eigenvalue weighted by atomic mass is 32.2. The third-order valence-corrected chi connectivity index (χ3v) is 4.41. The predicted octanol–water partition coefficient (Wildman–Crippen LogP) is 1.61. The third kappa shape index (κ3) is 5.78. The van der Waals surface area contributed by atoms with Crippen molar-refractivity contribution < 1.29 is 22.9 Å². The molecule has 1 rings (SSSR count). The molecule has 1 aromatic carbocycles. The number of nitrogens with one attached hydrogen (secondary N) is 1. The Hall–Kier alpha value is -2.00. The van der Waals surface area contributed by atoms with Crippen LogP contribution in [-0.4, -0.2) is 33.0 Å². The van der Waals surface area contributed by atoms with Gasteiger partial charge < -0.3 is 4.74 Å². The first-order valence-electron chi connectivity index (χ1n) is 6.68. The highest BCUT2D eigenvalue weighted by molar-refractivity contribution is 7.89. The van der Waals surface area contributed by atoms with E-state index in [0.29, 0.717) is 25.7 Å². The van der Waals surface area contributed by atoms with E-state index in [-0.39, 0.29) is 23.1 Å². The van der Waals surface area contributed by atoms with Crippen LogP contribution in [0.5, 0.6) is 0 Å². The van der Waals surface area contributed by atoms with Crippen LogP contribution >= 0.6 is 0 Å². The molecule has 0 aromatic heterocycles. The average Bonchev–Trinajstić information content (AvgIpc) is 2.50. The summed E-state index contributed by atoms with van der Waals surface area (Å²) in [5, 5.41) is 10.5. The summed E-state index contributed by atoms with van der Waals surface area (Å²) >= 11 is 0. The molecule has 8 nitrogen and oxygen atoms in total. The number of benzene rings is 1. The minimum absolute atomic E-state index is 0.0207. The van der Waals surface area contributed by atoms with Gasteiger partial charge in [0.15, 0.2) is 0 Å². The maximum Gasteiger partial charge on any atom is 0.305 e. The van der Waals surface area contributed by atoms with Crippen molar-refractivity contribution in [3.8, 4) is 0 Å². The Balaban J connectivity index is 2.41. The summed E-state index contributed by atoms with van der Waals surface area (Å²) in [5.74, 6) is -0.286. The Morgan fingerprint density at radius 3 is 2.41 bits per heavy atom. The Labute approximate surface area is 128 Å². The highest BCUT2D eigenvalue weighted by Crippen LogP contribution is 2.15. The number of carbonyl (C=O) groups excluding carboxylic acids is 1. The van der Waals surface area contributed by atoms with Gasteiger partial charge in [-0.25, -0.2) is 13.1 Å². The molecule has 0 heterocycles. The first-order valence-corrected chi connectivity index (χ1v) is 8.16. The minimum Gasteiger partial charge on any atom is -0.469 e. The summed E-state index contributed by atoms with van der Waals surface area (Å²) in [6.07, 6.45) is 2.22. The third-order valence-electron chi connectivity index (χ3n) is 2.94. The number of hydrogen-bond donors (Lipinski definition) is 1. The fourth-order valence-electron chi connectivity index (χ4n) is 1.71. The van der Waals surface area contributed by atoms with Crippen molar-refractivity contribution in [2.24, 2.45) is 0 Å². The van der Waals surface area contributed by atoms with E-state index in [1.165, 1.54) is 19.2 Å². The molecule has 0 bridgehead atoms. The number of nitro groups is 1. The largest absolute Gasteiger partial charge is 0.469 e. The van der Waals surface area contributed by atoms with E-state index in [4.69, 9.17) is 0 Å². The summed E-state index contributed by atoms with van der Waals surface area (Å²) in [6.45, 7) is 0.237. The maximum atomic E-state index is 11.9. The van der Waals surface area contributed by atoms with Gasteiger partial charge in [0.05, 0.1) is 16.9 Å². The normalized spacial score (nSPS) is 11.1. The number of unbranched alkanes of at least 4 members (excludes halogenated alkanes) is 2. The van der Waals surface area contributed by atoms with Gasteiger partial charge in [0, 0.05) is 25.1 Å². The second kappa shape index (κ2) is 8.44. The highest BCUT2D eigenvalue weighted by Gasteiger charge is 2.15. The van der Waals surface area contributed by atoms with Crippen LogP contribution in [0.2, 0.25) is 0 Å². The van der Waals surface area contributed by atoms with E-state index in [9.17, 15) is 23.3 Å². The molecule has 122 valence electrons. The van der Waals surface area contributed by atoms with Gasteiger partial charge >= 0.3 is 5.97 Å². The Morgan fingerprint density at radius 1 is 1.23 bits per heavy atom. The molecule has 0 atom stereocenters. The molecule has 1 aromatic rings. The number of non-ortho nitro benzene ring substituents is 1. The molecular weight excluding hydrogens is 312 g/mol. The van der Waals surface area contributed by atoms with E-state index in [1.807, 2.05) is 0 Å². The predicted molar refractivity (Wildman–Crippen MR) is 78.8 cm³/mol. The van der Waals surface area contributed by atoms with E-state index in [1.54, 1.807) is 0 Å². The number of rotatable bonds is 9. The monoisotopic (exact) mass is 330 g/mol. The van der Waals surface area contributed by atoms with Gasteiger partial charge in [-0.15, -0.1) is 0 Å². The lowest BCUT2D eigenvalue weighted by Crippen LogP contribution is -2.24. The molecule has 1 N–H and O–H groups in total. The number of ether oxygens (including phenoxy) is 1. The number of nitro benzene ring substituents is 1. The van der Waals surface area contributed by atoms with Crippen LogP contribution in [0.3, 0.4) is 0 Å². The van der Waals surface area contributed by atoms with E-state index < -0.39 is 14.9 Å². The van der Waals surface area contributed by atoms with Gasteiger partial charge in [-0.2, -0.15) is 0 Å². The number of hydrogen-bond acceptors (Lipinski definition) is 6. The van der Waals surface area contributed by atoms with Crippen molar-refractivity contribution in [2.75, 3.05) is 13.7 Å². The van der Waals surface area contributed by atoms with Crippen LogP contribution in [0.1, 0.15) is 25.7 Å². The summed E-state index contributed by atoms with van der Waals surface area (Å²) in [4.78, 5) is 20.8. The van der Waals surface area contributed by atoms with Crippen molar-refractivity contribution in [3.63, 3.8) is 0 Å². The summed E-state index contributed by atoms with van der Waals surface area (Å²) in [7, 11) is -2.36. The van der Waals surface area contributed by atoms with Crippen molar-refractivity contribution in [3.05, 3.63) is 34.4 Å². The zero-order valence-corrected chi connectivity index (χ0v) is 13.0. The second-order valence-corrected chi connectivity index (χ2v) is 6.30. The lowest BCUT2D eigenvalue weighted by atomic mass is 10.2. The van der Waals surface area contributed by atoms with Crippen LogP contribution in [0.25, 0.3) is 0 Å².